The van der Waals surface area contributed by atoms with Crippen LogP contribution in [0.1, 0.15) is 24.8 Å². The maximum absolute atomic E-state index is 12.2. The lowest BCUT2D eigenvalue weighted by Gasteiger charge is -2.20. The molecule has 2 rings (SSSR count). The maximum atomic E-state index is 12.2. The van der Waals surface area contributed by atoms with Crippen LogP contribution in [0.25, 0.3) is 0 Å². The van der Waals surface area contributed by atoms with Gasteiger partial charge in [-0.2, -0.15) is 0 Å². The first-order valence-corrected chi connectivity index (χ1v) is 6.71. The molecule has 1 heterocycles. The molecule has 1 atom stereocenters. The second-order valence-corrected chi connectivity index (χ2v) is 5.14. The molecule has 0 aliphatic carbocycles. The third-order valence-electron chi connectivity index (χ3n) is 3.78. The number of para-hydroxylation sites is 1. The van der Waals surface area contributed by atoms with Crippen molar-refractivity contribution in [3.63, 3.8) is 0 Å². The molecule has 1 fully saturated rings. The van der Waals surface area contributed by atoms with Crippen molar-refractivity contribution in [2.45, 2.75) is 26.2 Å². The Labute approximate surface area is 109 Å². The number of aryl methyl sites for hydroxylation is 1. The number of carbonyl (C=O) groups is 1. The summed E-state index contributed by atoms with van der Waals surface area (Å²) in [6.07, 6.45) is 2.86. The van der Waals surface area contributed by atoms with Crippen LogP contribution in [0.5, 0.6) is 0 Å². The van der Waals surface area contributed by atoms with Crippen molar-refractivity contribution in [2.24, 2.45) is 5.92 Å². The minimum absolute atomic E-state index is 0.219. The smallest absolute Gasteiger partial charge is 0.226 e. The molecule has 3 nitrogen and oxygen atoms in total. The lowest BCUT2D eigenvalue weighted by Crippen LogP contribution is -2.27. The van der Waals surface area contributed by atoms with Gasteiger partial charge in [-0.05, 0) is 50.4 Å². The SMILES string of the molecule is Cc1ccccc1N(C)C(=O)CCC1CCNC1. The van der Waals surface area contributed by atoms with Gasteiger partial charge in [0.15, 0.2) is 0 Å². The van der Waals surface area contributed by atoms with E-state index >= 15 is 0 Å². The Morgan fingerprint density at radius 3 is 2.89 bits per heavy atom. The molecule has 1 aromatic carbocycles. The number of benzene rings is 1. The first kappa shape index (κ1) is 13.1. The van der Waals surface area contributed by atoms with Crippen LogP contribution in [-0.2, 0) is 4.79 Å². The van der Waals surface area contributed by atoms with Gasteiger partial charge in [-0.3, -0.25) is 4.79 Å². The molecular formula is C15H22N2O. The van der Waals surface area contributed by atoms with Crippen molar-refractivity contribution in [1.29, 1.82) is 0 Å². The molecule has 1 aliphatic heterocycles. The highest BCUT2D eigenvalue weighted by Crippen LogP contribution is 2.20. The standard InChI is InChI=1S/C15H22N2O/c1-12-5-3-4-6-14(12)17(2)15(18)8-7-13-9-10-16-11-13/h3-6,13,16H,7-11H2,1-2H3. The third kappa shape index (κ3) is 3.10. The van der Waals surface area contributed by atoms with E-state index in [0.717, 1.165) is 30.8 Å². The van der Waals surface area contributed by atoms with Crippen molar-refractivity contribution in [2.75, 3.05) is 25.0 Å². The molecule has 0 spiro atoms. The summed E-state index contributed by atoms with van der Waals surface area (Å²) in [6, 6.07) is 8.03. The van der Waals surface area contributed by atoms with Gasteiger partial charge < -0.3 is 10.2 Å². The first-order chi connectivity index (χ1) is 8.68. The number of amides is 1. The molecule has 98 valence electrons. The highest BCUT2D eigenvalue weighted by Gasteiger charge is 2.18. The Morgan fingerprint density at radius 1 is 1.44 bits per heavy atom. The predicted octanol–water partition coefficient (Wildman–Crippen LogP) is 2.35. The quantitative estimate of drug-likeness (QED) is 0.884. The summed E-state index contributed by atoms with van der Waals surface area (Å²) in [4.78, 5) is 13.9. The molecule has 1 aliphatic rings. The van der Waals surface area contributed by atoms with E-state index in [1.165, 1.54) is 6.42 Å². The van der Waals surface area contributed by atoms with Gasteiger partial charge in [-0.15, -0.1) is 0 Å². The second-order valence-electron chi connectivity index (χ2n) is 5.14. The molecule has 1 amide bonds. The fraction of sp³-hybridized carbons (Fsp3) is 0.533. The number of rotatable bonds is 4. The maximum Gasteiger partial charge on any atom is 0.226 e. The van der Waals surface area contributed by atoms with E-state index in [0.29, 0.717) is 12.3 Å². The molecule has 1 aromatic rings. The molecule has 1 N–H and O–H groups in total. The Morgan fingerprint density at radius 2 is 2.22 bits per heavy atom. The summed E-state index contributed by atoms with van der Waals surface area (Å²) in [5.41, 5.74) is 2.17. The average Bonchev–Trinajstić information content (AvgIpc) is 2.89. The van der Waals surface area contributed by atoms with Crippen LogP contribution in [0.2, 0.25) is 0 Å². The monoisotopic (exact) mass is 246 g/mol. The average molecular weight is 246 g/mol. The lowest BCUT2D eigenvalue weighted by atomic mass is 10.0. The van der Waals surface area contributed by atoms with Gasteiger partial charge in [-0.25, -0.2) is 0 Å². The molecule has 18 heavy (non-hydrogen) atoms. The Hall–Kier alpha value is -1.35. The zero-order valence-corrected chi connectivity index (χ0v) is 11.3. The van der Waals surface area contributed by atoms with E-state index in [1.54, 1.807) is 4.90 Å². The summed E-state index contributed by atoms with van der Waals surface area (Å²) in [5.74, 6) is 0.899. The summed E-state index contributed by atoms with van der Waals surface area (Å²) in [6.45, 7) is 4.22. The molecule has 0 bridgehead atoms. The van der Waals surface area contributed by atoms with Crippen molar-refractivity contribution in [1.82, 2.24) is 5.32 Å². The molecular weight excluding hydrogens is 224 g/mol. The van der Waals surface area contributed by atoms with E-state index in [2.05, 4.69) is 5.32 Å². The number of nitrogens with one attached hydrogen (secondary N) is 1. The van der Waals surface area contributed by atoms with Gasteiger partial charge in [0.1, 0.15) is 0 Å². The molecule has 1 saturated heterocycles. The van der Waals surface area contributed by atoms with Crippen molar-refractivity contribution >= 4 is 11.6 Å². The van der Waals surface area contributed by atoms with Crippen molar-refractivity contribution < 1.29 is 4.79 Å². The molecule has 0 radical (unpaired) electrons. The van der Waals surface area contributed by atoms with Crippen LogP contribution in [0.15, 0.2) is 24.3 Å². The Balaban J connectivity index is 1.90. The van der Waals surface area contributed by atoms with Crippen molar-refractivity contribution in [3.8, 4) is 0 Å². The van der Waals surface area contributed by atoms with Crippen LogP contribution in [0.3, 0.4) is 0 Å². The zero-order valence-electron chi connectivity index (χ0n) is 11.3. The first-order valence-electron chi connectivity index (χ1n) is 6.71. The Bertz CT molecular complexity index is 411. The largest absolute Gasteiger partial charge is 0.316 e. The molecule has 0 aromatic heterocycles. The summed E-state index contributed by atoms with van der Waals surface area (Å²) < 4.78 is 0. The minimum Gasteiger partial charge on any atom is -0.316 e. The predicted molar refractivity (Wildman–Crippen MR) is 74.8 cm³/mol. The highest BCUT2D eigenvalue weighted by atomic mass is 16.2. The van der Waals surface area contributed by atoms with Gasteiger partial charge in [0.2, 0.25) is 5.91 Å². The van der Waals surface area contributed by atoms with Gasteiger partial charge in [-0.1, -0.05) is 18.2 Å². The zero-order chi connectivity index (χ0) is 13.0. The number of hydrogen-bond acceptors (Lipinski definition) is 2. The fourth-order valence-corrected chi connectivity index (χ4v) is 2.53. The van der Waals surface area contributed by atoms with E-state index in [1.807, 2.05) is 38.2 Å². The highest BCUT2D eigenvalue weighted by molar-refractivity contribution is 5.93. The van der Waals surface area contributed by atoms with Crippen molar-refractivity contribution in [3.05, 3.63) is 29.8 Å². The Kier molecular flexibility index (Phi) is 4.37. The second kappa shape index (κ2) is 6.01. The summed E-state index contributed by atoms with van der Waals surface area (Å²) in [5, 5.41) is 3.34. The summed E-state index contributed by atoms with van der Waals surface area (Å²) in [7, 11) is 1.87. The molecule has 0 saturated carbocycles. The number of anilines is 1. The number of carbonyl (C=O) groups excluding carboxylic acids is 1. The normalized spacial score (nSPS) is 18.9. The topological polar surface area (TPSA) is 32.3 Å². The van der Waals surface area contributed by atoms with Crippen LogP contribution in [-0.4, -0.2) is 26.0 Å². The van der Waals surface area contributed by atoms with E-state index < -0.39 is 0 Å². The number of nitrogens with zero attached hydrogens (tertiary/aromatic N) is 1. The summed E-state index contributed by atoms with van der Waals surface area (Å²) >= 11 is 0. The van der Waals surface area contributed by atoms with Gasteiger partial charge in [0, 0.05) is 19.2 Å². The fourth-order valence-electron chi connectivity index (χ4n) is 2.53. The number of hydrogen-bond donors (Lipinski definition) is 1. The third-order valence-corrected chi connectivity index (χ3v) is 3.78. The van der Waals surface area contributed by atoms with Crippen LogP contribution >= 0.6 is 0 Å². The lowest BCUT2D eigenvalue weighted by molar-refractivity contribution is -0.118. The molecule has 3 heteroatoms. The van der Waals surface area contributed by atoms with Gasteiger partial charge in [0.25, 0.3) is 0 Å². The van der Waals surface area contributed by atoms with Crippen LogP contribution < -0.4 is 10.2 Å². The molecule has 1 unspecified atom stereocenters. The van der Waals surface area contributed by atoms with Crippen LogP contribution in [0.4, 0.5) is 5.69 Å². The van der Waals surface area contributed by atoms with E-state index in [9.17, 15) is 4.79 Å². The van der Waals surface area contributed by atoms with Crippen LogP contribution in [0, 0.1) is 12.8 Å². The van der Waals surface area contributed by atoms with Gasteiger partial charge >= 0.3 is 0 Å². The van der Waals surface area contributed by atoms with Gasteiger partial charge in [0.05, 0.1) is 0 Å². The van der Waals surface area contributed by atoms with E-state index in [4.69, 9.17) is 0 Å². The van der Waals surface area contributed by atoms with E-state index in [-0.39, 0.29) is 5.91 Å². The minimum atomic E-state index is 0.219.